The van der Waals surface area contributed by atoms with E-state index in [9.17, 15) is 0 Å². The van der Waals surface area contributed by atoms with E-state index in [1.807, 2.05) is 12.1 Å². The largest absolute Gasteiger partial charge is 0.485 e. The van der Waals surface area contributed by atoms with Gasteiger partial charge in [0.15, 0.2) is 6.61 Å². The average Bonchev–Trinajstić information content (AvgIpc) is 3.21. The van der Waals surface area contributed by atoms with Crippen molar-refractivity contribution in [1.29, 1.82) is 0 Å². The van der Waals surface area contributed by atoms with Crippen LogP contribution in [0.3, 0.4) is 0 Å². The quantitative estimate of drug-likeness (QED) is 0.514. The second-order valence-corrected chi connectivity index (χ2v) is 7.82. The molecule has 0 unspecified atom stereocenters. The Morgan fingerprint density at radius 2 is 1.83 bits per heavy atom. The minimum atomic E-state index is 0.264. The van der Waals surface area contributed by atoms with E-state index in [0.29, 0.717) is 11.7 Å². The number of H-pyrrole nitrogens is 1. The Kier molecular flexibility index (Phi) is 5.25. The molecule has 0 aliphatic carbocycles. The number of ether oxygens (including phenoxy) is 1. The fourth-order valence-electron chi connectivity index (χ4n) is 3.55. The van der Waals surface area contributed by atoms with Gasteiger partial charge in [0.2, 0.25) is 5.82 Å². The molecule has 6 nitrogen and oxygen atoms in total. The van der Waals surface area contributed by atoms with E-state index in [1.165, 1.54) is 22.3 Å². The van der Waals surface area contributed by atoms with E-state index < -0.39 is 0 Å². The van der Waals surface area contributed by atoms with Crippen LogP contribution in [0.2, 0.25) is 0 Å². The number of pyridine rings is 1. The number of nitrogens with zero attached hydrogens (tertiary/aromatic N) is 4. The molecule has 148 valence electrons. The molecule has 0 fully saturated rings. The summed E-state index contributed by atoms with van der Waals surface area (Å²) in [7, 11) is 0. The first-order valence-electron chi connectivity index (χ1n) is 9.86. The number of aromatic nitrogens is 5. The predicted molar refractivity (Wildman–Crippen MR) is 114 cm³/mol. The van der Waals surface area contributed by atoms with Crippen molar-refractivity contribution in [3.05, 3.63) is 65.1 Å². The molecule has 0 radical (unpaired) electrons. The first-order chi connectivity index (χ1) is 14.0. The number of tetrazole rings is 1. The van der Waals surface area contributed by atoms with Gasteiger partial charge in [-0.05, 0) is 61.1 Å². The molecule has 4 rings (SSSR count). The normalized spacial score (nSPS) is 11.3. The van der Waals surface area contributed by atoms with E-state index >= 15 is 0 Å². The Hall–Kier alpha value is -3.28. The Balaban J connectivity index is 1.83. The van der Waals surface area contributed by atoms with E-state index in [-0.39, 0.29) is 6.61 Å². The first kappa shape index (κ1) is 19.1. The molecule has 6 heteroatoms. The highest BCUT2D eigenvalue weighted by Gasteiger charge is 2.15. The predicted octanol–water partition coefficient (Wildman–Crippen LogP) is 4.81. The summed E-state index contributed by atoms with van der Waals surface area (Å²) in [6.45, 7) is 9.00. The monoisotopic (exact) mass is 387 g/mol. The van der Waals surface area contributed by atoms with Crippen molar-refractivity contribution in [3.8, 4) is 16.9 Å². The van der Waals surface area contributed by atoms with Gasteiger partial charge in [0.25, 0.3) is 0 Å². The topological polar surface area (TPSA) is 76.6 Å². The first-order valence-corrected chi connectivity index (χ1v) is 9.86. The molecule has 0 aliphatic rings. The summed E-state index contributed by atoms with van der Waals surface area (Å²) in [6, 6.07) is 14.7. The molecule has 29 heavy (non-hydrogen) atoms. The summed E-state index contributed by atoms with van der Waals surface area (Å²) in [5.74, 6) is 1.82. The molecule has 0 saturated carbocycles. The van der Waals surface area contributed by atoms with Crippen LogP contribution in [0.1, 0.15) is 36.5 Å². The lowest BCUT2D eigenvalue weighted by molar-refractivity contribution is 0.296. The van der Waals surface area contributed by atoms with Gasteiger partial charge >= 0.3 is 0 Å². The molecular weight excluding hydrogens is 362 g/mol. The zero-order valence-corrected chi connectivity index (χ0v) is 17.2. The van der Waals surface area contributed by atoms with Gasteiger partial charge in [0.1, 0.15) is 5.75 Å². The van der Waals surface area contributed by atoms with E-state index in [0.717, 1.165) is 28.8 Å². The van der Waals surface area contributed by atoms with Crippen molar-refractivity contribution in [3.63, 3.8) is 0 Å². The maximum Gasteiger partial charge on any atom is 0.211 e. The van der Waals surface area contributed by atoms with Crippen molar-refractivity contribution in [1.82, 2.24) is 25.6 Å². The van der Waals surface area contributed by atoms with Crippen LogP contribution in [0.4, 0.5) is 0 Å². The van der Waals surface area contributed by atoms with Gasteiger partial charge in [0, 0.05) is 11.1 Å². The second kappa shape index (κ2) is 7.99. The number of benzene rings is 2. The van der Waals surface area contributed by atoms with Crippen LogP contribution in [0.25, 0.3) is 22.0 Å². The van der Waals surface area contributed by atoms with Crippen LogP contribution >= 0.6 is 0 Å². The number of aromatic amines is 1. The molecule has 0 bridgehead atoms. The summed E-state index contributed by atoms with van der Waals surface area (Å²) in [4.78, 5) is 4.97. The standard InChI is InChI=1S/C23H25N5O/c1-14(2)11-21-16(4)23(17-7-5-15(3)6-8-17)19-12-18(9-10-20(19)24-21)29-13-22-25-27-28-26-22/h5-10,12,14H,11,13H2,1-4H3,(H,25,26,27,28). The molecule has 0 amide bonds. The van der Waals surface area contributed by atoms with E-state index in [4.69, 9.17) is 9.72 Å². The second-order valence-electron chi connectivity index (χ2n) is 7.82. The maximum absolute atomic E-state index is 5.89. The Morgan fingerprint density at radius 1 is 1.03 bits per heavy atom. The summed E-state index contributed by atoms with van der Waals surface area (Å²) >= 11 is 0. The number of rotatable bonds is 6. The SMILES string of the molecule is Cc1ccc(-c2c(C)c(CC(C)C)nc3ccc(OCc4nn[nH]n4)cc23)cc1. The minimum Gasteiger partial charge on any atom is -0.485 e. The zero-order chi connectivity index (χ0) is 20.4. The van der Waals surface area contributed by atoms with Crippen LogP contribution in [-0.4, -0.2) is 25.6 Å². The number of hydrogen-bond donors (Lipinski definition) is 1. The molecule has 0 aliphatic heterocycles. The van der Waals surface area contributed by atoms with Gasteiger partial charge in [-0.3, -0.25) is 4.98 Å². The molecule has 2 aromatic heterocycles. The third-order valence-corrected chi connectivity index (χ3v) is 5.00. The third-order valence-electron chi connectivity index (χ3n) is 5.00. The average molecular weight is 387 g/mol. The lowest BCUT2D eigenvalue weighted by Crippen LogP contribution is -2.04. The number of hydrogen-bond acceptors (Lipinski definition) is 5. The molecule has 2 heterocycles. The lowest BCUT2D eigenvalue weighted by Gasteiger charge is -2.17. The molecule has 0 saturated heterocycles. The minimum absolute atomic E-state index is 0.264. The summed E-state index contributed by atoms with van der Waals surface area (Å²) in [5, 5.41) is 15.0. The summed E-state index contributed by atoms with van der Waals surface area (Å²) in [5.41, 5.74) is 7.02. The van der Waals surface area contributed by atoms with Crippen LogP contribution < -0.4 is 4.74 Å². The zero-order valence-electron chi connectivity index (χ0n) is 17.2. The van der Waals surface area contributed by atoms with Crippen LogP contribution in [0.5, 0.6) is 5.75 Å². The lowest BCUT2D eigenvalue weighted by atomic mass is 9.92. The van der Waals surface area contributed by atoms with E-state index in [2.05, 4.69) is 78.7 Å². The number of nitrogens with one attached hydrogen (secondary N) is 1. The van der Waals surface area contributed by atoms with Crippen LogP contribution in [0.15, 0.2) is 42.5 Å². The Bertz CT molecular complexity index is 1120. The van der Waals surface area contributed by atoms with Crippen molar-refractivity contribution < 1.29 is 4.74 Å². The molecule has 0 spiro atoms. The smallest absolute Gasteiger partial charge is 0.211 e. The molecule has 1 N–H and O–H groups in total. The van der Waals surface area contributed by atoms with Crippen molar-refractivity contribution in [2.75, 3.05) is 0 Å². The van der Waals surface area contributed by atoms with Crippen molar-refractivity contribution >= 4 is 10.9 Å². The van der Waals surface area contributed by atoms with Gasteiger partial charge in [-0.15, -0.1) is 10.2 Å². The van der Waals surface area contributed by atoms with Gasteiger partial charge in [-0.2, -0.15) is 5.21 Å². The highest BCUT2D eigenvalue weighted by Crippen LogP contribution is 2.35. The summed E-state index contributed by atoms with van der Waals surface area (Å²) in [6.07, 6.45) is 0.955. The van der Waals surface area contributed by atoms with Crippen LogP contribution in [0, 0.1) is 19.8 Å². The van der Waals surface area contributed by atoms with Gasteiger partial charge in [0.05, 0.1) is 5.52 Å². The van der Waals surface area contributed by atoms with Gasteiger partial charge in [-0.25, -0.2) is 0 Å². The highest BCUT2D eigenvalue weighted by atomic mass is 16.5. The van der Waals surface area contributed by atoms with E-state index in [1.54, 1.807) is 0 Å². The Morgan fingerprint density at radius 3 is 2.52 bits per heavy atom. The van der Waals surface area contributed by atoms with Crippen molar-refractivity contribution in [2.24, 2.45) is 5.92 Å². The third kappa shape index (κ3) is 4.11. The molecule has 0 atom stereocenters. The number of fused-ring (bicyclic) bond motifs is 1. The highest BCUT2D eigenvalue weighted by molar-refractivity contribution is 5.97. The molecule has 4 aromatic rings. The summed E-state index contributed by atoms with van der Waals surface area (Å²) < 4.78 is 5.89. The number of aryl methyl sites for hydroxylation is 1. The molecule has 2 aromatic carbocycles. The fourth-order valence-corrected chi connectivity index (χ4v) is 3.55. The molecular formula is C23H25N5O. The Labute approximate surface area is 170 Å². The maximum atomic E-state index is 5.89. The van der Waals surface area contributed by atoms with Gasteiger partial charge in [-0.1, -0.05) is 48.9 Å². The van der Waals surface area contributed by atoms with Crippen LogP contribution in [-0.2, 0) is 13.0 Å². The fraction of sp³-hybridized carbons (Fsp3) is 0.304. The van der Waals surface area contributed by atoms with Crippen molar-refractivity contribution in [2.45, 2.75) is 40.7 Å². The van der Waals surface area contributed by atoms with Gasteiger partial charge < -0.3 is 4.74 Å².